The van der Waals surface area contributed by atoms with Gasteiger partial charge in [0.15, 0.2) is 0 Å². The minimum absolute atomic E-state index is 0.308. The Morgan fingerprint density at radius 2 is 1.84 bits per heavy atom. The highest BCUT2D eigenvalue weighted by Crippen LogP contribution is 2.39. The standard InChI is InChI=1S/C25H19N3O3S/c1-14-9-10-17-20(13-26)23(32-21(17)11-14)27-22(29)15-5-4-6-16(12-15)28-24(30)18-7-2-3-8-19(18)25(28)31/h2-8,12,14H,9-11H2,1H3,(H,27,29). The summed E-state index contributed by atoms with van der Waals surface area (Å²) in [6.45, 7) is 2.19. The van der Waals surface area contributed by atoms with Crippen LogP contribution >= 0.6 is 11.3 Å². The topological polar surface area (TPSA) is 90.3 Å². The van der Waals surface area contributed by atoms with Gasteiger partial charge in [-0.05, 0) is 61.1 Å². The number of hydrogen-bond acceptors (Lipinski definition) is 5. The Hall–Kier alpha value is -3.76. The summed E-state index contributed by atoms with van der Waals surface area (Å²) in [6, 6.07) is 15.3. The first-order valence-corrected chi connectivity index (χ1v) is 11.2. The molecular weight excluding hydrogens is 422 g/mol. The number of anilines is 2. The largest absolute Gasteiger partial charge is 0.312 e. The molecule has 32 heavy (non-hydrogen) atoms. The molecule has 1 aliphatic carbocycles. The van der Waals surface area contributed by atoms with Crippen molar-refractivity contribution >= 4 is 39.7 Å². The van der Waals surface area contributed by atoms with Gasteiger partial charge >= 0.3 is 0 Å². The van der Waals surface area contributed by atoms with Gasteiger partial charge in [0.2, 0.25) is 0 Å². The van der Waals surface area contributed by atoms with E-state index in [4.69, 9.17) is 0 Å². The summed E-state index contributed by atoms with van der Waals surface area (Å²) in [4.78, 5) is 40.8. The van der Waals surface area contributed by atoms with Crippen molar-refractivity contribution in [1.82, 2.24) is 0 Å². The summed E-state index contributed by atoms with van der Waals surface area (Å²) in [5, 5.41) is 13.1. The van der Waals surface area contributed by atoms with Crippen molar-refractivity contribution in [2.45, 2.75) is 26.2 Å². The van der Waals surface area contributed by atoms with E-state index in [-0.39, 0.29) is 5.91 Å². The van der Waals surface area contributed by atoms with Crippen molar-refractivity contribution in [3.63, 3.8) is 0 Å². The molecule has 3 amide bonds. The highest BCUT2D eigenvalue weighted by molar-refractivity contribution is 7.16. The van der Waals surface area contributed by atoms with Crippen LogP contribution in [0.4, 0.5) is 10.7 Å². The molecule has 0 spiro atoms. The molecule has 3 aromatic rings. The molecule has 7 heteroatoms. The second kappa shape index (κ2) is 7.74. The number of rotatable bonds is 3. The maximum absolute atomic E-state index is 13.0. The van der Waals surface area contributed by atoms with Crippen LogP contribution in [-0.2, 0) is 12.8 Å². The lowest BCUT2D eigenvalue weighted by Gasteiger charge is -2.17. The average molecular weight is 442 g/mol. The van der Waals surface area contributed by atoms with Crippen LogP contribution in [0.1, 0.15) is 60.4 Å². The summed E-state index contributed by atoms with van der Waals surface area (Å²) in [5.74, 6) is -0.635. The number of nitriles is 1. The quantitative estimate of drug-likeness (QED) is 0.591. The van der Waals surface area contributed by atoms with Gasteiger partial charge < -0.3 is 5.32 Å². The van der Waals surface area contributed by atoms with Gasteiger partial charge in [-0.1, -0.05) is 25.1 Å². The Kier molecular flexibility index (Phi) is 4.87. The fourth-order valence-electron chi connectivity index (χ4n) is 4.34. The van der Waals surface area contributed by atoms with E-state index in [1.807, 2.05) is 0 Å². The first kappa shape index (κ1) is 20.2. The van der Waals surface area contributed by atoms with Gasteiger partial charge in [-0.15, -0.1) is 11.3 Å². The lowest BCUT2D eigenvalue weighted by atomic mass is 9.88. The molecule has 0 saturated heterocycles. The van der Waals surface area contributed by atoms with Crippen molar-refractivity contribution in [3.8, 4) is 6.07 Å². The number of amides is 3. The van der Waals surface area contributed by atoms with Crippen molar-refractivity contribution in [2.24, 2.45) is 5.92 Å². The third kappa shape index (κ3) is 3.20. The van der Waals surface area contributed by atoms with Crippen LogP contribution in [0.3, 0.4) is 0 Å². The molecule has 6 nitrogen and oxygen atoms in total. The number of benzene rings is 2. The number of nitrogens with zero attached hydrogens (tertiary/aromatic N) is 2. The summed E-state index contributed by atoms with van der Waals surface area (Å²) in [7, 11) is 0. The molecule has 1 unspecified atom stereocenters. The van der Waals surface area contributed by atoms with Crippen LogP contribution in [0, 0.1) is 17.2 Å². The molecule has 2 heterocycles. The third-order valence-electron chi connectivity index (χ3n) is 6.01. The molecule has 0 radical (unpaired) electrons. The fourth-order valence-corrected chi connectivity index (χ4v) is 5.70. The van der Waals surface area contributed by atoms with Gasteiger partial charge in [0.25, 0.3) is 17.7 Å². The lowest BCUT2D eigenvalue weighted by Crippen LogP contribution is -2.29. The van der Waals surface area contributed by atoms with Crippen molar-refractivity contribution in [3.05, 3.63) is 81.2 Å². The number of hydrogen-bond donors (Lipinski definition) is 1. The van der Waals surface area contributed by atoms with Gasteiger partial charge in [-0.2, -0.15) is 5.26 Å². The zero-order valence-electron chi connectivity index (χ0n) is 17.3. The van der Waals surface area contributed by atoms with Crippen LogP contribution < -0.4 is 10.2 Å². The molecule has 158 valence electrons. The SMILES string of the molecule is CC1CCc2c(sc(NC(=O)c3cccc(N4C(=O)c5ccccc5C4=O)c3)c2C#N)C1. The first-order chi connectivity index (χ1) is 15.5. The molecule has 5 rings (SSSR count). The van der Waals surface area contributed by atoms with E-state index in [9.17, 15) is 19.6 Å². The second-order valence-corrected chi connectivity index (χ2v) is 9.27. The Morgan fingerprint density at radius 3 is 2.53 bits per heavy atom. The molecule has 2 aromatic carbocycles. The molecule has 1 aliphatic heterocycles. The van der Waals surface area contributed by atoms with Crippen molar-refractivity contribution in [1.29, 1.82) is 5.26 Å². The molecule has 0 fully saturated rings. The van der Waals surface area contributed by atoms with E-state index in [1.54, 1.807) is 42.5 Å². The smallest absolute Gasteiger partial charge is 0.266 e. The molecule has 1 N–H and O–H groups in total. The van der Waals surface area contributed by atoms with Gasteiger partial charge in [0.05, 0.1) is 22.4 Å². The number of carbonyl (C=O) groups excluding carboxylic acids is 3. The zero-order valence-corrected chi connectivity index (χ0v) is 18.2. The molecule has 2 aliphatic rings. The zero-order chi connectivity index (χ0) is 22.4. The van der Waals surface area contributed by atoms with Crippen LogP contribution in [0.15, 0.2) is 48.5 Å². The van der Waals surface area contributed by atoms with Gasteiger partial charge in [-0.25, -0.2) is 4.90 Å². The van der Waals surface area contributed by atoms with Gasteiger partial charge in [0, 0.05) is 10.4 Å². The fraction of sp³-hybridized carbons (Fsp3) is 0.200. The number of fused-ring (bicyclic) bond motifs is 2. The Bertz CT molecular complexity index is 1300. The van der Waals surface area contributed by atoms with E-state index in [0.717, 1.165) is 34.6 Å². The lowest BCUT2D eigenvalue weighted by molar-refractivity contribution is 0.0924. The molecule has 1 atom stereocenters. The minimum Gasteiger partial charge on any atom is -0.312 e. The van der Waals surface area contributed by atoms with Crippen molar-refractivity contribution in [2.75, 3.05) is 10.2 Å². The highest BCUT2D eigenvalue weighted by atomic mass is 32.1. The summed E-state index contributed by atoms with van der Waals surface area (Å²) in [6.07, 6.45) is 2.80. The molecular formula is C25H19N3O3S. The summed E-state index contributed by atoms with van der Waals surface area (Å²) < 4.78 is 0. The van der Waals surface area contributed by atoms with Crippen molar-refractivity contribution < 1.29 is 14.4 Å². The maximum atomic E-state index is 13.0. The summed E-state index contributed by atoms with van der Waals surface area (Å²) in [5.41, 5.74) is 2.94. The number of carbonyl (C=O) groups is 3. The molecule has 0 saturated carbocycles. The third-order valence-corrected chi connectivity index (χ3v) is 7.18. The van der Waals surface area contributed by atoms with E-state index < -0.39 is 11.8 Å². The van der Waals surface area contributed by atoms with E-state index in [2.05, 4.69) is 18.3 Å². The van der Waals surface area contributed by atoms with Crippen LogP contribution in [0.25, 0.3) is 0 Å². The van der Waals surface area contributed by atoms with E-state index in [0.29, 0.717) is 38.9 Å². The summed E-state index contributed by atoms with van der Waals surface area (Å²) >= 11 is 1.46. The van der Waals surface area contributed by atoms with Gasteiger partial charge in [0.1, 0.15) is 11.1 Å². The minimum atomic E-state index is -0.407. The first-order valence-electron chi connectivity index (χ1n) is 10.4. The van der Waals surface area contributed by atoms with Gasteiger partial charge in [-0.3, -0.25) is 14.4 Å². The number of thiophene rings is 1. The monoisotopic (exact) mass is 441 g/mol. The van der Waals surface area contributed by atoms with Crippen LogP contribution in [-0.4, -0.2) is 17.7 Å². The van der Waals surface area contributed by atoms with E-state index in [1.165, 1.54) is 17.4 Å². The molecule has 0 bridgehead atoms. The second-order valence-electron chi connectivity index (χ2n) is 8.16. The van der Waals surface area contributed by atoms with Crippen LogP contribution in [0.2, 0.25) is 0 Å². The number of nitrogens with one attached hydrogen (secondary N) is 1. The number of imide groups is 1. The Labute approximate surface area is 189 Å². The maximum Gasteiger partial charge on any atom is 0.266 e. The average Bonchev–Trinajstić information content (AvgIpc) is 3.27. The Balaban J connectivity index is 1.43. The van der Waals surface area contributed by atoms with E-state index >= 15 is 0 Å². The normalized spacial score (nSPS) is 17.0. The molecule has 1 aromatic heterocycles. The Morgan fingerprint density at radius 1 is 1.12 bits per heavy atom. The van der Waals surface area contributed by atoms with Crippen LogP contribution in [0.5, 0.6) is 0 Å². The predicted molar refractivity (Wildman–Crippen MR) is 122 cm³/mol. The predicted octanol–water partition coefficient (Wildman–Crippen LogP) is 4.80. The highest BCUT2D eigenvalue weighted by Gasteiger charge is 2.36.